The Morgan fingerprint density at radius 3 is 2.48 bits per heavy atom. The lowest BCUT2D eigenvalue weighted by atomic mass is 9.77. The van der Waals surface area contributed by atoms with Gasteiger partial charge in [-0.25, -0.2) is 17.6 Å². The highest BCUT2D eigenvalue weighted by atomic mass is 19.3. The molecule has 0 amide bonds. The van der Waals surface area contributed by atoms with Crippen LogP contribution in [0.1, 0.15) is 30.0 Å². The van der Waals surface area contributed by atoms with E-state index in [1.54, 1.807) is 0 Å². The van der Waals surface area contributed by atoms with Gasteiger partial charge in [0.1, 0.15) is 11.5 Å². The van der Waals surface area contributed by atoms with Crippen molar-refractivity contribution < 1.29 is 32.3 Å². The van der Waals surface area contributed by atoms with Gasteiger partial charge in [-0.1, -0.05) is 0 Å². The summed E-state index contributed by atoms with van der Waals surface area (Å²) in [5, 5.41) is 18.8. The molecular weight excluding hydrogens is 341 g/mol. The molecule has 1 saturated carbocycles. The maximum Gasteiger partial charge on any atom is 0.493 e. The second-order valence-electron chi connectivity index (χ2n) is 6.07. The van der Waals surface area contributed by atoms with Crippen molar-refractivity contribution in [1.29, 1.82) is 0 Å². The minimum atomic E-state index is -2.74. The van der Waals surface area contributed by atoms with E-state index in [0.717, 1.165) is 12.3 Å². The Bertz CT molecular complexity index is 808. The van der Waals surface area contributed by atoms with Crippen LogP contribution in [0.3, 0.4) is 0 Å². The van der Waals surface area contributed by atoms with Crippen LogP contribution >= 0.6 is 0 Å². The van der Waals surface area contributed by atoms with Crippen molar-refractivity contribution in [3.05, 3.63) is 47.3 Å². The molecule has 4 nitrogen and oxygen atoms in total. The topological polar surface area (TPSA) is 62.6 Å². The molecule has 1 fully saturated rings. The third kappa shape index (κ3) is 3.47. The van der Waals surface area contributed by atoms with Crippen LogP contribution in [0, 0.1) is 18.6 Å². The molecule has 0 spiro atoms. The predicted octanol–water partition coefficient (Wildman–Crippen LogP) is 2.65. The lowest BCUT2D eigenvalue weighted by molar-refractivity contribution is -0.0876. The van der Waals surface area contributed by atoms with Crippen LogP contribution in [0.2, 0.25) is 0 Å². The zero-order chi connectivity index (χ0) is 18.4. The molecule has 132 valence electrons. The molecule has 9 heteroatoms. The maximum atomic E-state index is 13.7. The van der Waals surface area contributed by atoms with E-state index in [1.807, 2.05) is 0 Å². The summed E-state index contributed by atoms with van der Waals surface area (Å²) in [5.74, 6) is -5.44. The van der Waals surface area contributed by atoms with Crippen molar-refractivity contribution in [3.8, 4) is 11.5 Å². The van der Waals surface area contributed by atoms with Gasteiger partial charge in [-0.05, 0) is 19.1 Å². The van der Waals surface area contributed by atoms with Crippen molar-refractivity contribution in [3.63, 3.8) is 0 Å². The number of ether oxygens (including phenoxy) is 1. The molecule has 1 aromatic carbocycles. The highest BCUT2D eigenvalue weighted by Crippen LogP contribution is 2.48. The van der Waals surface area contributed by atoms with Crippen LogP contribution in [-0.2, 0) is 0 Å². The zero-order valence-electron chi connectivity index (χ0n) is 13.1. The minimum absolute atomic E-state index is 0.0307. The highest BCUT2D eigenvalue weighted by molar-refractivity contribution is 6.59. The normalized spacial score (nSPS) is 16.4. The van der Waals surface area contributed by atoms with Gasteiger partial charge in [0.2, 0.25) is 5.92 Å². The monoisotopic (exact) mass is 355 g/mol. The quantitative estimate of drug-likeness (QED) is 0.654. The summed E-state index contributed by atoms with van der Waals surface area (Å²) in [6.07, 6.45) is 0.399. The molecular formula is C16H14BF4NO3. The second-order valence-corrected chi connectivity index (χ2v) is 6.07. The molecule has 0 atom stereocenters. The average Bonchev–Trinajstić information content (AvgIpc) is 2.52. The van der Waals surface area contributed by atoms with Gasteiger partial charge in [0.05, 0.1) is 0 Å². The van der Waals surface area contributed by atoms with Crippen LogP contribution in [-0.4, -0.2) is 28.1 Å². The molecule has 0 bridgehead atoms. The van der Waals surface area contributed by atoms with Crippen molar-refractivity contribution in [1.82, 2.24) is 4.98 Å². The first-order valence-electron chi connectivity index (χ1n) is 7.54. The first-order chi connectivity index (χ1) is 11.7. The van der Waals surface area contributed by atoms with E-state index in [-0.39, 0.29) is 35.4 Å². The van der Waals surface area contributed by atoms with Crippen molar-refractivity contribution in [2.45, 2.75) is 31.6 Å². The summed E-state index contributed by atoms with van der Waals surface area (Å²) in [4.78, 5) is 3.98. The SMILES string of the molecule is Cc1c(Oc2cc(C3CC(F)(F)C3)ncc2B(O)O)ccc(F)c1F. The van der Waals surface area contributed by atoms with Crippen LogP contribution in [0.25, 0.3) is 0 Å². The van der Waals surface area contributed by atoms with Crippen LogP contribution < -0.4 is 10.2 Å². The summed E-state index contributed by atoms with van der Waals surface area (Å²) >= 11 is 0. The average molecular weight is 355 g/mol. The fourth-order valence-corrected chi connectivity index (χ4v) is 2.70. The molecule has 3 rings (SSSR count). The van der Waals surface area contributed by atoms with Gasteiger partial charge >= 0.3 is 7.12 Å². The number of pyridine rings is 1. The van der Waals surface area contributed by atoms with Gasteiger partial charge in [0.25, 0.3) is 0 Å². The van der Waals surface area contributed by atoms with E-state index in [2.05, 4.69) is 4.98 Å². The van der Waals surface area contributed by atoms with Gasteiger partial charge < -0.3 is 14.8 Å². The molecule has 0 radical (unpaired) electrons. The Balaban J connectivity index is 1.95. The molecule has 1 heterocycles. The fourth-order valence-electron chi connectivity index (χ4n) is 2.70. The second kappa shape index (κ2) is 6.31. The molecule has 2 aromatic rings. The van der Waals surface area contributed by atoms with Crippen molar-refractivity contribution in [2.24, 2.45) is 0 Å². The Morgan fingerprint density at radius 2 is 1.88 bits per heavy atom. The fraction of sp³-hybridized carbons (Fsp3) is 0.312. The number of rotatable bonds is 4. The lowest BCUT2D eigenvalue weighted by Crippen LogP contribution is -2.36. The Kier molecular flexibility index (Phi) is 4.46. The van der Waals surface area contributed by atoms with E-state index in [0.29, 0.717) is 5.69 Å². The standard InChI is InChI=1S/C16H14BF4NO3/c1-8-13(3-2-11(18)15(8)19)25-14-4-12(9-5-16(20,21)6-9)22-7-10(14)17(23)24/h2-4,7,9,23-24H,5-6H2,1H3. The summed E-state index contributed by atoms with van der Waals surface area (Å²) in [6, 6.07) is 3.38. The van der Waals surface area contributed by atoms with E-state index in [1.165, 1.54) is 19.1 Å². The Morgan fingerprint density at radius 1 is 1.20 bits per heavy atom. The summed E-state index contributed by atoms with van der Waals surface area (Å²) < 4.78 is 58.5. The number of nitrogens with zero attached hydrogens (tertiary/aromatic N) is 1. The summed E-state index contributed by atoms with van der Waals surface area (Å²) in [5.41, 5.74) is 0.0939. The Hall–Kier alpha value is -2.13. The molecule has 0 saturated heterocycles. The van der Waals surface area contributed by atoms with Crippen LogP contribution in [0.15, 0.2) is 24.4 Å². The minimum Gasteiger partial charge on any atom is -0.457 e. The van der Waals surface area contributed by atoms with Crippen LogP contribution in [0.5, 0.6) is 11.5 Å². The van der Waals surface area contributed by atoms with Crippen molar-refractivity contribution >= 4 is 12.6 Å². The number of hydrogen-bond acceptors (Lipinski definition) is 4. The molecule has 0 aliphatic heterocycles. The third-order valence-corrected chi connectivity index (χ3v) is 4.21. The van der Waals surface area contributed by atoms with Crippen molar-refractivity contribution in [2.75, 3.05) is 0 Å². The summed E-state index contributed by atoms with van der Waals surface area (Å²) in [7, 11) is -1.93. The summed E-state index contributed by atoms with van der Waals surface area (Å²) in [6.45, 7) is 1.30. The van der Waals surface area contributed by atoms with Gasteiger partial charge in [0, 0.05) is 47.7 Å². The van der Waals surface area contributed by atoms with E-state index in [4.69, 9.17) is 4.74 Å². The first kappa shape index (κ1) is 17.7. The third-order valence-electron chi connectivity index (χ3n) is 4.21. The van der Waals surface area contributed by atoms with Gasteiger partial charge in [0.15, 0.2) is 11.6 Å². The zero-order valence-corrected chi connectivity index (χ0v) is 13.1. The molecule has 0 unspecified atom stereocenters. The van der Waals surface area contributed by atoms with Gasteiger partial charge in [-0.15, -0.1) is 0 Å². The van der Waals surface area contributed by atoms with E-state index < -0.39 is 30.6 Å². The van der Waals surface area contributed by atoms with Gasteiger partial charge in [-0.2, -0.15) is 0 Å². The molecule has 1 aliphatic carbocycles. The lowest BCUT2D eigenvalue weighted by Gasteiger charge is -2.34. The molecule has 2 N–H and O–H groups in total. The highest BCUT2D eigenvalue weighted by Gasteiger charge is 2.46. The van der Waals surface area contributed by atoms with Crippen LogP contribution in [0.4, 0.5) is 17.6 Å². The predicted molar refractivity (Wildman–Crippen MR) is 82.2 cm³/mol. The maximum absolute atomic E-state index is 13.7. The molecule has 25 heavy (non-hydrogen) atoms. The molecule has 1 aromatic heterocycles. The first-order valence-corrected chi connectivity index (χ1v) is 7.54. The number of alkyl halides is 2. The number of hydrogen-bond donors (Lipinski definition) is 2. The largest absolute Gasteiger partial charge is 0.493 e. The smallest absolute Gasteiger partial charge is 0.457 e. The van der Waals surface area contributed by atoms with E-state index in [9.17, 15) is 27.6 Å². The molecule has 1 aliphatic rings. The number of halogens is 4. The number of benzene rings is 1. The number of aromatic nitrogens is 1. The van der Waals surface area contributed by atoms with E-state index >= 15 is 0 Å². The Labute approximate surface area is 141 Å². The van der Waals surface area contributed by atoms with Gasteiger partial charge in [-0.3, -0.25) is 4.98 Å².